The lowest BCUT2D eigenvalue weighted by molar-refractivity contribution is -0.484. The highest BCUT2D eigenvalue weighted by Gasteiger charge is 2.65. The van der Waals surface area contributed by atoms with Gasteiger partial charge in [0.15, 0.2) is 6.10 Å². The molecule has 53 heavy (non-hydrogen) atoms. The highest BCUT2D eigenvalue weighted by atomic mass is 16.8. The quantitative estimate of drug-likeness (QED) is 0.0711. The van der Waals surface area contributed by atoms with Crippen LogP contribution in [0.15, 0.2) is 152 Å². The van der Waals surface area contributed by atoms with Crippen molar-refractivity contribution in [1.82, 2.24) is 5.06 Å². The molecule has 0 bridgehead atoms. The Morgan fingerprint density at radius 2 is 0.849 bits per heavy atom. The van der Waals surface area contributed by atoms with Crippen LogP contribution in [0.1, 0.15) is 27.8 Å². The molecule has 1 fully saturated rings. The third-order valence-electron chi connectivity index (χ3n) is 9.31. The maximum Gasteiger partial charge on any atom is 0.280 e. The first-order valence-corrected chi connectivity index (χ1v) is 17.9. The molecule has 0 saturated carbocycles. The maximum absolute atomic E-state index is 12.8. The van der Waals surface area contributed by atoms with E-state index in [-0.39, 0.29) is 46.2 Å². The van der Waals surface area contributed by atoms with Crippen molar-refractivity contribution in [3.05, 3.63) is 179 Å². The van der Waals surface area contributed by atoms with Gasteiger partial charge in [-0.15, -0.1) is 5.06 Å². The Morgan fingerprint density at radius 3 is 1.23 bits per heavy atom. The van der Waals surface area contributed by atoms with Gasteiger partial charge in [-0.2, -0.15) is 0 Å². The first-order chi connectivity index (χ1) is 26.0. The zero-order valence-electron chi connectivity index (χ0n) is 30.4. The lowest BCUT2D eigenvalue weighted by atomic mass is 9.85. The number of likely N-dealkylation sites (N-methyl/N-ethyl adjacent to an activating group) is 1. The molecule has 1 heterocycles. The van der Waals surface area contributed by atoms with Crippen molar-refractivity contribution >= 4 is 0 Å². The number of ether oxygens (including phenoxy) is 6. The molecule has 4 unspecified atom stereocenters. The predicted octanol–water partition coefficient (Wildman–Crippen LogP) is 7.08. The van der Waals surface area contributed by atoms with Crippen LogP contribution in [0.2, 0.25) is 0 Å². The molecule has 1 aliphatic heterocycles. The highest BCUT2D eigenvalue weighted by Crippen LogP contribution is 2.43. The predicted molar refractivity (Wildman–Crippen MR) is 201 cm³/mol. The van der Waals surface area contributed by atoms with E-state index >= 15 is 0 Å². The van der Waals surface area contributed by atoms with Crippen LogP contribution in [0.3, 0.4) is 0 Å². The molecule has 9 nitrogen and oxygen atoms in total. The van der Waals surface area contributed by atoms with Crippen molar-refractivity contribution in [2.75, 3.05) is 27.4 Å². The molecule has 1 N–H and O–H groups in total. The van der Waals surface area contributed by atoms with E-state index in [0.717, 1.165) is 27.8 Å². The number of hydroxylamine groups is 2. The second kappa shape index (κ2) is 19.2. The van der Waals surface area contributed by atoms with Gasteiger partial charge in [-0.3, -0.25) is 4.84 Å². The molecule has 5 aromatic rings. The van der Waals surface area contributed by atoms with Gasteiger partial charge in [-0.1, -0.05) is 152 Å². The minimum absolute atomic E-state index is 0.0212. The van der Waals surface area contributed by atoms with E-state index in [2.05, 4.69) is 0 Å². The average molecular weight is 720 g/mol. The van der Waals surface area contributed by atoms with Crippen LogP contribution in [0, 0.1) is 0 Å². The standard InChI is InChI=1S/C44H49NO8/c1-45(47-2)44(46)42(52-32-39-26-16-7-17-27-39)40(50-30-37-22-12-5-13-23-37)41(51-31-38-24-14-6-15-25-38)43(53-44,33-48-28-35-18-8-3-9-19-35)34-49-29-36-20-10-4-11-21-36/h3-27,40-42,46H,28-34H2,1-2H3. The Kier molecular flexibility index (Phi) is 13.9. The SMILES string of the molecule is CON(C)C1(O)OC(COCc2ccccc2)(COCc2ccccc2)C(OCc2ccccc2)C(OCc2ccccc2)C1OCc1ccccc1. The monoisotopic (exact) mass is 719 g/mol. The second-order valence-corrected chi connectivity index (χ2v) is 13.2. The molecule has 0 amide bonds. The molecule has 5 aromatic carbocycles. The van der Waals surface area contributed by atoms with Gasteiger partial charge in [0.2, 0.25) is 0 Å². The third kappa shape index (κ3) is 10.2. The Morgan fingerprint density at radius 1 is 0.509 bits per heavy atom. The summed E-state index contributed by atoms with van der Waals surface area (Å²) in [6, 6.07) is 49.3. The largest absolute Gasteiger partial charge is 0.374 e. The van der Waals surface area contributed by atoms with Crippen molar-refractivity contribution in [1.29, 1.82) is 0 Å². The lowest BCUT2D eigenvalue weighted by Crippen LogP contribution is -2.77. The minimum atomic E-state index is -2.19. The van der Waals surface area contributed by atoms with Crippen molar-refractivity contribution in [2.45, 2.75) is 62.9 Å². The summed E-state index contributed by atoms with van der Waals surface area (Å²) >= 11 is 0. The number of hydrogen-bond acceptors (Lipinski definition) is 9. The molecule has 1 aliphatic rings. The normalized spacial score (nSPS) is 21.1. The van der Waals surface area contributed by atoms with E-state index in [0.29, 0.717) is 0 Å². The van der Waals surface area contributed by atoms with Gasteiger partial charge in [-0.25, -0.2) is 0 Å². The van der Waals surface area contributed by atoms with Crippen LogP contribution < -0.4 is 0 Å². The maximum atomic E-state index is 12.8. The first-order valence-electron chi connectivity index (χ1n) is 17.9. The second-order valence-electron chi connectivity index (χ2n) is 13.2. The zero-order chi connectivity index (χ0) is 36.8. The van der Waals surface area contributed by atoms with Crippen LogP contribution in [-0.4, -0.2) is 67.4 Å². The lowest BCUT2D eigenvalue weighted by Gasteiger charge is -2.56. The van der Waals surface area contributed by atoms with Gasteiger partial charge in [0.05, 0.1) is 53.4 Å². The molecule has 4 atom stereocenters. The van der Waals surface area contributed by atoms with Gasteiger partial charge >= 0.3 is 0 Å². The van der Waals surface area contributed by atoms with Crippen LogP contribution >= 0.6 is 0 Å². The van der Waals surface area contributed by atoms with E-state index in [1.54, 1.807) is 7.05 Å². The van der Waals surface area contributed by atoms with Crippen LogP contribution in [-0.2, 0) is 66.3 Å². The van der Waals surface area contributed by atoms with Crippen molar-refractivity contribution in [3.63, 3.8) is 0 Å². The Hall–Kier alpha value is -4.26. The Labute approximate surface area is 312 Å². The summed E-state index contributed by atoms with van der Waals surface area (Å²) in [5.74, 6) is -2.19. The summed E-state index contributed by atoms with van der Waals surface area (Å²) < 4.78 is 40.3. The van der Waals surface area contributed by atoms with E-state index in [9.17, 15) is 5.11 Å². The number of rotatable bonds is 19. The van der Waals surface area contributed by atoms with E-state index in [1.165, 1.54) is 12.2 Å². The summed E-state index contributed by atoms with van der Waals surface area (Å²) in [5, 5.41) is 14.1. The van der Waals surface area contributed by atoms with E-state index in [1.807, 2.05) is 152 Å². The van der Waals surface area contributed by atoms with Gasteiger partial charge < -0.3 is 33.5 Å². The molecule has 0 radical (unpaired) electrons. The fourth-order valence-electron chi connectivity index (χ4n) is 6.47. The van der Waals surface area contributed by atoms with Crippen molar-refractivity contribution < 1.29 is 38.4 Å². The molecule has 0 aromatic heterocycles. The Balaban J connectivity index is 1.43. The third-order valence-corrected chi connectivity index (χ3v) is 9.31. The molecule has 278 valence electrons. The highest BCUT2D eigenvalue weighted by molar-refractivity contribution is 5.18. The van der Waals surface area contributed by atoms with Gasteiger partial charge in [0, 0.05) is 7.05 Å². The molecular formula is C44H49NO8. The number of nitrogens with zero attached hydrogens (tertiary/aromatic N) is 1. The summed E-state index contributed by atoms with van der Waals surface area (Å²) in [5.41, 5.74) is 3.33. The number of aliphatic hydroxyl groups is 1. The van der Waals surface area contributed by atoms with Crippen LogP contribution in [0.5, 0.6) is 0 Å². The zero-order valence-corrected chi connectivity index (χ0v) is 30.4. The molecule has 0 aliphatic carbocycles. The van der Waals surface area contributed by atoms with E-state index in [4.69, 9.17) is 33.3 Å². The average Bonchev–Trinajstić information content (AvgIpc) is 3.21. The van der Waals surface area contributed by atoms with Crippen molar-refractivity contribution in [3.8, 4) is 0 Å². The van der Waals surface area contributed by atoms with Crippen LogP contribution in [0.25, 0.3) is 0 Å². The summed E-state index contributed by atoms with van der Waals surface area (Å²) in [6.45, 7) is 1.13. The van der Waals surface area contributed by atoms with E-state index < -0.39 is 29.8 Å². The molecule has 9 heteroatoms. The summed E-state index contributed by atoms with van der Waals surface area (Å²) in [4.78, 5) is 5.69. The van der Waals surface area contributed by atoms with Gasteiger partial charge in [-0.05, 0) is 27.8 Å². The minimum Gasteiger partial charge on any atom is -0.374 e. The summed E-state index contributed by atoms with van der Waals surface area (Å²) in [6.07, 6.45) is -2.92. The smallest absolute Gasteiger partial charge is 0.280 e. The molecule has 1 saturated heterocycles. The molecular weight excluding hydrogens is 670 g/mol. The first kappa shape index (κ1) is 38.5. The fourth-order valence-corrected chi connectivity index (χ4v) is 6.47. The molecule has 0 spiro atoms. The molecule has 6 rings (SSSR count). The van der Waals surface area contributed by atoms with Gasteiger partial charge in [0.25, 0.3) is 5.91 Å². The number of benzene rings is 5. The van der Waals surface area contributed by atoms with Crippen molar-refractivity contribution in [2.24, 2.45) is 0 Å². The van der Waals surface area contributed by atoms with Gasteiger partial charge in [0.1, 0.15) is 17.8 Å². The topological polar surface area (TPSA) is 88.1 Å². The number of hydrogen-bond donors (Lipinski definition) is 1. The Bertz CT molecular complexity index is 1700. The summed E-state index contributed by atoms with van der Waals surface area (Å²) in [7, 11) is 3.06. The van der Waals surface area contributed by atoms with Crippen LogP contribution in [0.4, 0.5) is 0 Å². The fraction of sp³-hybridized carbons (Fsp3) is 0.318.